The summed E-state index contributed by atoms with van der Waals surface area (Å²) in [6, 6.07) is 0. The van der Waals surface area contributed by atoms with E-state index >= 15 is 0 Å². The molecular formula is C15H28. The topological polar surface area (TPSA) is 0 Å². The highest BCUT2D eigenvalue weighted by atomic mass is 14.1. The van der Waals surface area contributed by atoms with Gasteiger partial charge >= 0.3 is 0 Å². The van der Waals surface area contributed by atoms with Crippen LogP contribution in [0.5, 0.6) is 0 Å². The summed E-state index contributed by atoms with van der Waals surface area (Å²) in [5.41, 5.74) is 0. The summed E-state index contributed by atoms with van der Waals surface area (Å²) in [4.78, 5) is 0. The summed E-state index contributed by atoms with van der Waals surface area (Å²) in [7, 11) is 0. The van der Waals surface area contributed by atoms with Crippen LogP contribution in [0.15, 0.2) is 12.2 Å². The van der Waals surface area contributed by atoms with E-state index < -0.39 is 0 Å². The predicted octanol–water partition coefficient (Wildman–Crippen LogP) is 5.48. The monoisotopic (exact) mass is 208 g/mol. The number of allylic oxidation sites excluding steroid dienone is 2. The van der Waals surface area contributed by atoms with Gasteiger partial charge in [-0.05, 0) is 31.6 Å². The number of unbranched alkanes of at least 4 members (excludes halogenated alkanes) is 6. The zero-order valence-electron chi connectivity index (χ0n) is 10.5. The largest absolute Gasteiger partial charge is 0.0883 e. The van der Waals surface area contributed by atoms with Gasteiger partial charge in [0.2, 0.25) is 0 Å². The van der Waals surface area contributed by atoms with Gasteiger partial charge < -0.3 is 0 Å². The first kappa shape index (κ1) is 12.8. The summed E-state index contributed by atoms with van der Waals surface area (Å²) >= 11 is 0. The van der Waals surface area contributed by atoms with Crippen LogP contribution in [0.25, 0.3) is 0 Å². The van der Waals surface area contributed by atoms with E-state index in [-0.39, 0.29) is 0 Å². The average Bonchev–Trinajstić information content (AvgIpc) is 2.29. The summed E-state index contributed by atoms with van der Waals surface area (Å²) < 4.78 is 0. The molecule has 1 unspecified atom stereocenters. The fourth-order valence-electron chi connectivity index (χ4n) is 2.49. The summed E-state index contributed by atoms with van der Waals surface area (Å²) in [5.74, 6) is 0.925. The third-order valence-electron chi connectivity index (χ3n) is 3.53. The van der Waals surface area contributed by atoms with Gasteiger partial charge in [0.1, 0.15) is 0 Å². The Hall–Kier alpha value is -0.260. The highest BCUT2D eigenvalue weighted by Gasteiger charge is 2.07. The van der Waals surface area contributed by atoms with E-state index in [1.807, 2.05) is 0 Å². The molecule has 0 N–H and O–H groups in total. The third kappa shape index (κ3) is 6.76. The van der Waals surface area contributed by atoms with Crippen LogP contribution in [0.4, 0.5) is 0 Å². The van der Waals surface area contributed by atoms with E-state index in [1.54, 1.807) is 0 Å². The molecule has 0 aromatic carbocycles. The lowest BCUT2D eigenvalue weighted by molar-refractivity contribution is 0.468. The molecule has 0 aromatic heterocycles. The minimum atomic E-state index is 0.925. The molecule has 0 radical (unpaired) electrons. The van der Waals surface area contributed by atoms with E-state index in [9.17, 15) is 0 Å². The van der Waals surface area contributed by atoms with Gasteiger partial charge in [0.05, 0.1) is 0 Å². The van der Waals surface area contributed by atoms with Gasteiger partial charge in [-0.2, -0.15) is 0 Å². The van der Waals surface area contributed by atoms with Crippen LogP contribution < -0.4 is 0 Å². The van der Waals surface area contributed by atoms with Gasteiger partial charge in [0.15, 0.2) is 0 Å². The van der Waals surface area contributed by atoms with Gasteiger partial charge in [0.25, 0.3) is 0 Å². The van der Waals surface area contributed by atoms with Gasteiger partial charge in [0, 0.05) is 0 Å². The van der Waals surface area contributed by atoms with Gasteiger partial charge in [-0.3, -0.25) is 0 Å². The zero-order valence-corrected chi connectivity index (χ0v) is 10.5. The SMILES string of the molecule is CCCCCCCCCC1C=CCCC1. The van der Waals surface area contributed by atoms with Crippen LogP contribution in [-0.4, -0.2) is 0 Å². The zero-order chi connectivity index (χ0) is 10.8. The number of rotatable bonds is 8. The van der Waals surface area contributed by atoms with E-state index in [4.69, 9.17) is 0 Å². The van der Waals surface area contributed by atoms with Crippen molar-refractivity contribution >= 4 is 0 Å². The van der Waals surface area contributed by atoms with Crippen molar-refractivity contribution in [1.82, 2.24) is 0 Å². The quantitative estimate of drug-likeness (QED) is 0.366. The van der Waals surface area contributed by atoms with Crippen molar-refractivity contribution < 1.29 is 0 Å². The van der Waals surface area contributed by atoms with Crippen LogP contribution >= 0.6 is 0 Å². The molecule has 1 atom stereocenters. The molecule has 1 aliphatic carbocycles. The van der Waals surface area contributed by atoms with Crippen LogP contribution in [0.1, 0.15) is 77.6 Å². The molecule has 0 nitrogen and oxygen atoms in total. The Balaban J connectivity index is 1.84. The van der Waals surface area contributed by atoms with E-state index in [0.29, 0.717) is 0 Å². The molecule has 15 heavy (non-hydrogen) atoms. The standard InChI is InChI=1S/C15H28/c1-2-3-4-5-6-7-9-12-15-13-10-8-11-14-15/h10,13,15H,2-9,11-12,14H2,1H3. The molecule has 0 aromatic rings. The van der Waals surface area contributed by atoms with Crippen molar-refractivity contribution in [3.8, 4) is 0 Å². The molecule has 0 fully saturated rings. The molecule has 0 spiro atoms. The first-order valence-corrected chi connectivity index (χ1v) is 7.10. The number of hydrogen-bond donors (Lipinski definition) is 0. The second-order valence-electron chi connectivity index (χ2n) is 5.03. The Bertz CT molecular complexity index is 157. The van der Waals surface area contributed by atoms with Crippen molar-refractivity contribution in [1.29, 1.82) is 0 Å². The van der Waals surface area contributed by atoms with Crippen molar-refractivity contribution in [2.45, 2.75) is 77.6 Å². The molecule has 0 amide bonds. The van der Waals surface area contributed by atoms with Gasteiger partial charge in [-0.25, -0.2) is 0 Å². The van der Waals surface area contributed by atoms with Crippen molar-refractivity contribution in [3.05, 3.63) is 12.2 Å². The summed E-state index contributed by atoms with van der Waals surface area (Å²) in [5, 5.41) is 0. The summed E-state index contributed by atoms with van der Waals surface area (Å²) in [6.45, 7) is 2.29. The Labute approximate surface area is 96.2 Å². The average molecular weight is 208 g/mol. The fourth-order valence-corrected chi connectivity index (χ4v) is 2.49. The van der Waals surface area contributed by atoms with Crippen molar-refractivity contribution in [2.75, 3.05) is 0 Å². The highest BCUT2D eigenvalue weighted by Crippen LogP contribution is 2.22. The van der Waals surface area contributed by atoms with Crippen molar-refractivity contribution in [3.63, 3.8) is 0 Å². The fraction of sp³-hybridized carbons (Fsp3) is 0.867. The Morgan fingerprint density at radius 1 is 1.00 bits per heavy atom. The maximum atomic E-state index is 2.46. The van der Waals surface area contributed by atoms with Crippen molar-refractivity contribution in [2.24, 2.45) is 5.92 Å². The Morgan fingerprint density at radius 3 is 2.40 bits per heavy atom. The van der Waals surface area contributed by atoms with Crippen LogP contribution in [-0.2, 0) is 0 Å². The minimum absolute atomic E-state index is 0.925. The predicted molar refractivity (Wildman–Crippen MR) is 69.1 cm³/mol. The van der Waals surface area contributed by atoms with E-state index in [2.05, 4.69) is 19.1 Å². The lowest BCUT2D eigenvalue weighted by Gasteiger charge is -2.15. The van der Waals surface area contributed by atoms with Crippen LogP contribution in [0, 0.1) is 5.92 Å². The maximum Gasteiger partial charge on any atom is -0.0233 e. The van der Waals surface area contributed by atoms with Gasteiger partial charge in [-0.1, -0.05) is 64.0 Å². The van der Waals surface area contributed by atoms with Crippen LogP contribution in [0.2, 0.25) is 0 Å². The maximum absolute atomic E-state index is 2.46. The second-order valence-corrected chi connectivity index (χ2v) is 5.03. The summed E-state index contributed by atoms with van der Waals surface area (Å²) in [6.07, 6.45) is 20.6. The smallest absolute Gasteiger partial charge is 0.0233 e. The van der Waals surface area contributed by atoms with E-state index in [0.717, 1.165) is 5.92 Å². The molecular weight excluding hydrogens is 180 g/mol. The molecule has 1 rings (SSSR count). The van der Waals surface area contributed by atoms with E-state index in [1.165, 1.54) is 70.6 Å². The Morgan fingerprint density at radius 2 is 1.73 bits per heavy atom. The number of hydrogen-bond acceptors (Lipinski definition) is 0. The highest BCUT2D eigenvalue weighted by molar-refractivity contribution is 4.92. The lowest BCUT2D eigenvalue weighted by Crippen LogP contribution is -2.00. The molecule has 0 heterocycles. The molecule has 0 aliphatic heterocycles. The van der Waals surface area contributed by atoms with Crippen LogP contribution in [0.3, 0.4) is 0 Å². The molecule has 1 aliphatic rings. The molecule has 88 valence electrons. The molecule has 0 heteroatoms. The lowest BCUT2D eigenvalue weighted by atomic mass is 9.91. The molecule has 0 saturated heterocycles. The normalized spacial score (nSPS) is 20.7. The molecule has 0 bridgehead atoms. The van der Waals surface area contributed by atoms with Gasteiger partial charge in [-0.15, -0.1) is 0 Å². The first-order chi connectivity index (χ1) is 7.43. The molecule has 0 saturated carbocycles. The Kier molecular flexibility index (Phi) is 7.69. The first-order valence-electron chi connectivity index (χ1n) is 7.10. The minimum Gasteiger partial charge on any atom is -0.0883 e. The second kappa shape index (κ2) is 9.00. The third-order valence-corrected chi connectivity index (χ3v) is 3.53.